The van der Waals surface area contributed by atoms with E-state index in [9.17, 15) is 0 Å². The molecule has 0 bridgehead atoms. The van der Waals surface area contributed by atoms with E-state index >= 15 is 0 Å². The van der Waals surface area contributed by atoms with Gasteiger partial charge in [0, 0.05) is 58.5 Å². The van der Waals surface area contributed by atoms with E-state index in [0.717, 1.165) is 55.0 Å². The van der Waals surface area contributed by atoms with Crippen LogP contribution in [0.15, 0.2) is 188 Å². The van der Waals surface area contributed by atoms with Crippen molar-refractivity contribution in [2.75, 3.05) is 0 Å². The van der Waals surface area contributed by atoms with Crippen molar-refractivity contribution in [3.8, 4) is 45.5 Å². The monoisotopic (exact) mass is 745 g/mol. The van der Waals surface area contributed by atoms with Gasteiger partial charge in [-0.05, 0) is 53.6 Å². The Morgan fingerprint density at radius 2 is 0.965 bits per heavy atom. The van der Waals surface area contributed by atoms with E-state index in [1.54, 1.807) is 11.3 Å². The number of fused-ring (bicyclic) bond motifs is 10. The van der Waals surface area contributed by atoms with E-state index in [1.807, 2.05) is 18.2 Å². The molecule has 0 amide bonds. The minimum absolute atomic E-state index is 0.570. The number of hydrogen-bond acceptors (Lipinski definition) is 4. The molecule has 0 saturated carbocycles. The van der Waals surface area contributed by atoms with Crippen LogP contribution >= 0.6 is 11.3 Å². The minimum atomic E-state index is 0.570. The van der Waals surface area contributed by atoms with Crippen molar-refractivity contribution in [2.45, 2.75) is 0 Å². The zero-order chi connectivity index (χ0) is 37.5. The summed E-state index contributed by atoms with van der Waals surface area (Å²) in [4.78, 5) is 16.1. The molecule has 8 aromatic carbocycles. The van der Waals surface area contributed by atoms with Gasteiger partial charge in [-0.3, -0.25) is 4.57 Å². The lowest BCUT2D eigenvalue weighted by molar-refractivity contribution is 0.954. The van der Waals surface area contributed by atoms with Gasteiger partial charge in [0.15, 0.2) is 11.6 Å². The summed E-state index contributed by atoms with van der Waals surface area (Å²) in [5, 5.41) is 7.00. The van der Waals surface area contributed by atoms with Crippen LogP contribution < -0.4 is 0 Å². The summed E-state index contributed by atoms with van der Waals surface area (Å²) in [5.41, 5.74) is 9.67. The molecule has 0 N–H and O–H groups in total. The largest absolute Gasteiger partial charge is 0.307 e. The molecule has 0 aliphatic heterocycles. The number of benzene rings is 8. The SMILES string of the molecule is c1ccc(-c2nc(-c3cccc4sc5ccccc5c34)nc(-n3c4ccccc4c4cc(-c5ccccc5)c5c6ccccc6n(-c6ccccc6)c5c43)n2)cc1. The molecule has 266 valence electrons. The lowest BCUT2D eigenvalue weighted by Gasteiger charge is -2.14. The highest BCUT2D eigenvalue weighted by molar-refractivity contribution is 7.25. The highest BCUT2D eigenvalue weighted by Crippen LogP contribution is 2.46. The number of thiophene rings is 1. The Balaban J connectivity index is 1.28. The fourth-order valence-electron chi connectivity index (χ4n) is 8.76. The molecule has 0 aliphatic rings. The maximum absolute atomic E-state index is 5.49. The zero-order valence-corrected chi connectivity index (χ0v) is 31.4. The van der Waals surface area contributed by atoms with Gasteiger partial charge < -0.3 is 4.57 Å². The molecule has 0 spiro atoms. The van der Waals surface area contributed by atoms with Gasteiger partial charge >= 0.3 is 0 Å². The Kier molecular flexibility index (Phi) is 7.03. The summed E-state index contributed by atoms with van der Waals surface area (Å²) in [6.07, 6.45) is 0. The normalized spacial score (nSPS) is 11.9. The second kappa shape index (κ2) is 12.6. The Labute approximate surface area is 331 Å². The Morgan fingerprint density at radius 1 is 0.368 bits per heavy atom. The van der Waals surface area contributed by atoms with Crippen molar-refractivity contribution in [1.29, 1.82) is 0 Å². The summed E-state index contributed by atoms with van der Waals surface area (Å²) >= 11 is 1.80. The average molecular weight is 746 g/mol. The van der Waals surface area contributed by atoms with Crippen LogP contribution in [0.3, 0.4) is 0 Å². The van der Waals surface area contributed by atoms with E-state index in [0.29, 0.717) is 17.6 Å². The third-order valence-electron chi connectivity index (χ3n) is 11.2. The number of para-hydroxylation sites is 3. The Hall–Kier alpha value is -7.41. The van der Waals surface area contributed by atoms with Gasteiger partial charge in [0.2, 0.25) is 5.95 Å². The van der Waals surface area contributed by atoms with Crippen molar-refractivity contribution >= 4 is 75.1 Å². The molecule has 12 aromatic rings. The highest BCUT2D eigenvalue weighted by Gasteiger charge is 2.26. The van der Waals surface area contributed by atoms with Crippen molar-refractivity contribution in [1.82, 2.24) is 24.1 Å². The highest BCUT2D eigenvalue weighted by atomic mass is 32.1. The first kappa shape index (κ1) is 31.9. The first-order valence-electron chi connectivity index (χ1n) is 19.1. The zero-order valence-electron chi connectivity index (χ0n) is 30.5. The van der Waals surface area contributed by atoms with E-state index in [1.165, 1.54) is 36.7 Å². The molecule has 0 aliphatic carbocycles. The smallest absolute Gasteiger partial charge is 0.238 e. The van der Waals surface area contributed by atoms with E-state index in [4.69, 9.17) is 15.0 Å². The van der Waals surface area contributed by atoms with Crippen LogP contribution in [0.2, 0.25) is 0 Å². The standard InChI is InChI=1S/C51H31N5S/c1-4-17-32(18-5-1)39-31-40-35-23-10-13-27-41(35)56(47(40)48-46(39)36-24-11-14-28-42(36)55(48)34-21-8-3-9-22-34)51-53-49(33-19-6-2-7-20-33)52-50(54-51)38-26-16-30-44-45(38)37-25-12-15-29-43(37)57-44/h1-31H. The number of hydrogen-bond donors (Lipinski definition) is 0. The molecule has 0 radical (unpaired) electrons. The first-order valence-corrected chi connectivity index (χ1v) is 19.9. The van der Waals surface area contributed by atoms with E-state index < -0.39 is 0 Å². The Morgan fingerprint density at radius 3 is 1.74 bits per heavy atom. The van der Waals surface area contributed by atoms with Crippen LogP contribution in [0, 0.1) is 0 Å². The van der Waals surface area contributed by atoms with Crippen LogP contribution in [-0.4, -0.2) is 24.1 Å². The second-order valence-corrected chi connectivity index (χ2v) is 15.5. The molecule has 4 aromatic heterocycles. The second-order valence-electron chi connectivity index (χ2n) is 14.4. The van der Waals surface area contributed by atoms with Crippen LogP contribution in [0.1, 0.15) is 0 Å². The maximum Gasteiger partial charge on any atom is 0.238 e. The third-order valence-corrected chi connectivity index (χ3v) is 12.3. The van der Waals surface area contributed by atoms with E-state index in [-0.39, 0.29) is 0 Å². The molecular formula is C51H31N5S. The van der Waals surface area contributed by atoms with Crippen molar-refractivity contribution in [2.24, 2.45) is 0 Å². The van der Waals surface area contributed by atoms with Crippen LogP contribution in [-0.2, 0) is 0 Å². The predicted octanol–water partition coefficient (Wildman–Crippen LogP) is 13.4. The number of rotatable bonds is 5. The molecule has 0 fully saturated rings. The van der Waals surface area contributed by atoms with Gasteiger partial charge in [0.05, 0.1) is 22.1 Å². The summed E-state index contributed by atoms with van der Waals surface area (Å²) in [7, 11) is 0. The Bertz CT molecular complexity index is 3510. The quantitative estimate of drug-likeness (QED) is 0.176. The van der Waals surface area contributed by atoms with Crippen molar-refractivity contribution < 1.29 is 0 Å². The van der Waals surface area contributed by atoms with Gasteiger partial charge in [0.25, 0.3) is 0 Å². The maximum atomic E-state index is 5.49. The van der Waals surface area contributed by atoms with Crippen LogP contribution in [0.4, 0.5) is 0 Å². The van der Waals surface area contributed by atoms with Gasteiger partial charge in [-0.1, -0.05) is 146 Å². The molecule has 12 rings (SSSR count). The fourth-order valence-corrected chi connectivity index (χ4v) is 9.89. The number of aromatic nitrogens is 5. The number of nitrogens with zero attached hydrogens (tertiary/aromatic N) is 5. The third kappa shape index (κ3) is 4.84. The predicted molar refractivity (Wildman–Crippen MR) is 238 cm³/mol. The fraction of sp³-hybridized carbons (Fsp3) is 0. The molecule has 0 unspecified atom stereocenters. The van der Waals surface area contributed by atoms with Crippen LogP contribution in [0.25, 0.3) is 109 Å². The summed E-state index contributed by atoms with van der Waals surface area (Å²) in [6.45, 7) is 0. The molecule has 5 nitrogen and oxygen atoms in total. The molecule has 6 heteroatoms. The van der Waals surface area contributed by atoms with Gasteiger partial charge in [-0.25, -0.2) is 4.98 Å². The van der Waals surface area contributed by atoms with Crippen LogP contribution in [0.5, 0.6) is 0 Å². The first-order chi connectivity index (χ1) is 28.3. The van der Waals surface area contributed by atoms with Gasteiger partial charge in [-0.2, -0.15) is 9.97 Å². The van der Waals surface area contributed by atoms with E-state index in [2.05, 4.69) is 179 Å². The summed E-state index contributed by atoms with van der Waals surface area (Å²) in [6, 6.07) is 66.6. The topological polar surface area (TPSA) is 48.5 Å². The lowest BCUT2D eigenvalue weighted by atomic mass is 9.96. The van der Waals surface area contributed by atoms with Crippen molar-refractivity contribution in [3.05, 3.63) is 188 Å². The van der Waals surface area contributed by atoms with Crippen molar-refractivity contribution in [3.63, 3.8) is 0 Å². The molecular weight excluding hydrogens is 715 g/mol. The molecule has 57 heavy (non-hydrogen) atoms. The lowest BCUT2D eigenvalue weighted by Crippen LogP contribution is -2.07. The average Bonchev–Trinajstić information content (AvgIpc) is 3.95. The summed E-state index contributed by atoms with van der Waals surface area (Å²) in [5.74, 6) is 1.83. The minimum Gasteiger partial charge on any atom is -0.307 e. The molecule has 0 saturated heterocycles. The molecule has 0 atom stereocenters. The molecule has 4 heterocycles. The summed E-state index contributed by atoms with van der Waals surface area (Å²) < 4.78 is 7.15. The van der Waals surface area contributed by atoms with Gasteiger partial charge in [0.1, 0.15) is 0 Å². The van der Waals surface area contributed by atoms with Gasteiger partial charge in [-0.15, -0.1) is 11.3 Å².